The first-order valence-electron chi connectivity index (χ1n) is 6.36. The number of nitro groups is 1. The lowest BCUT2D eigenvalue weighted by atomic mass is 9.90. The van der Waals surface area contributed by atoms with E-state index in [2.05, 4.69) is 0 Å². The third kappa shape index (κ3) is 3.85. The molecule has 0 unspecified atom stereocenters. The van der Waals surface area contributed by atoms with Crippen molar-refractivity contribution in [1.29, 1.82) is 0 Å². The first-order valence-corrected chi connectivity index (χ1v) is 6.36. The second-order valence-electron chi connectivity index (χ2n) is 5.74. The fourth-order valence-corrected chi connectivity index (χ4v) is 2.19. The number of hydrogen-bond donors (Lipinski definition) is 0. The standard InChI is InChI=1S/C12H22N2O4/c1-5-9-6-7-13(8-10(9)14(16)17)11(15)18-12(2,3)4/h9-10H,5-8H2,1-4H3/t9-,10-/m0/s1. The molecule has 0 aromatic rings. The maximum atomic E-state index is 11.9. The van der Waals surface area contributed by atoms with E-state index in [9.17, 15) is 14.9 Å². The molecule has 1 aliphatic heterocycles. The van der Waals surface area contributed by atoms with Crippen LogP contribution in [0, 0.1) is 16.0 Å². The van der Waals surface area contributed by atoms with E-state index < -0.39 is 17.7 Å². The molecule has 0 bridgehead atoms. The van der Waals surface area contributed by atoms with Crippen LogP contribution in [0.4, 0.5) is 4.79 Å². The lowest BCUT2D eigenvalue weighted by Crippen LogP contribution is -2.50. The van der Waals surface area contributed by atoms with Gasteiger partial charge in [-0.3, -0.25) is 10.1 Å². The fraction of sp³-hybridized carbons (Fsp3) is 0.917. The number of rotatable bonds is 2. The summed E-state index contributed by atoms with van der Waals surface area (Å²) in [5, 5.41) is 11.0. The molecular weight excluding hydrogens is 236 g/mol. The zero-order chi connectivity index (χ0) is 13.9. The number of amides is 1. The third-order valence-electron chi connectivity index (χ3n) is 3.17. The number of hydrogen-bond acceptors (Lipinski definition) is 4. The van der Waals surface area contributed by atoms with Crippen molar-refractivity contribution in [2.45, 2.75) is 52.2 Å². The summed E-state index contributed by atoms with van der Waals surface area (Å²) >= 11 is 0. The van der Waals surface area contributed by atoms with Crippen LogP contribution in [-0.2, 0) is 4.74 Å². The largest absolute Gasteiger partial charge is 0.444 e. The second-order valence-corrected chi connectivity index (χ2v) is 5.74. The van der Waals surface area contributed by atoms with Gasteiger partial charge >= 0.3 is 6.09 Å². The van der Waals surface area contributed by atoms with Gasteiger partial charge in [0.2, 0.25) is 6.04 Å². The monoisotopic (exact) mass is 258 g/mol. The van der Waals surface area contributed by atoms with Crippen LogP contribution in [0.1, 0.15) is 40.5 Å². The maximum absolute atomic E-state index is 11.9. The molecule has 2 atom stereocenters. The summed E-state index contributed by atoms with van der Waals surface area (Å²) in [6, 6.07) is -0.670. The number of nitrogens with zero attached hydrogens (tertiary/aromatic N) is 2. The van der Waals surface area contributed by atoms with Crippen molar-refractivity contribution < 1.29 is 14.5 Å². The molecule has 104 valence electrons. The van der Waals surface area contributed by atoms with Gasteiger partial charge in [0.25, 0.3) is 0 Å². The summed E-state index contributed by atoms with van der Waals surface area (Å²) in [7, 11) is 0. The van der Waals surface area contributed by atoms with Gasteiger partial charge in [0, 0.05) is 17.4 Å². The Kier molecular flexibility index (Phi) is 4.53. The molecule has 0 aliphatic carbocycles. The molecule has 1 heterocycles. The van der Waals surface area contributed by atoms with Crippen LogP contribution in [0.3, 0.4) is 0 Å². The summed E-state index contributed by atoms with van der Waals surface area (Å²) < 4.78 is 5.24. The van der Waals surface area contributed by atoms with Crippen LogP contribution < -0.4 is 0 Å². The van der Waals surface area contributed by atoms with Crippen LogP contribution in [-0.4, -0.2) is 40.6 Å². The van der Waals surface area contributed by atoms with Gasteiger partial charge in [0.15, 0.2) is 0 Å². The maximum Gasteiger partial charge on any atom is 0.410 e. The second kappa shape index (κ2) is 5.54. The summed E-state index contributed by atoms with van der Waals surface area (Å²) in [6.45, 7) is 8.00. The number of likely N-dealkylation sites (tertiary alicyclic amines) is 1. The molecule has 18 heavy (non-hydrogen) atoms. The highest BCUT2D eigenvalue weighted by molar-refractivity contribution is 5.68. The average Bonchev–Trinajstić information content (AvgIpc) is 2.25. The number of piperidine rings is 1. The van der Waals surface area contributed by atoms with E-state index in [0.717, 1.165) is 6.42 Å². The first kappa shape index (κ1) is 14.7. The molecule has 0 aromatic carbocycles. The topological polar surface area (TPSA) is 72.7 Å². The smallest absolute Gasteiger partial charge is 0.410 e. The van der Waals surface area contributed by atoms with Gasteiger partial charge in [-0.1, -0.05) is 6.92 Å². The van der Waals surface area contributed by atoms with Gasteiger partial charge in [0.05, 0.1) is 6.54 Å². The van der Waals surface area contributed by atoms with Crippen LogP contribution in [0.15, 0.2) is 0 Å². The molecule has 1 fully saturated rings. The highest BCUT2D eigenvalue weighted by atomic mass is 16.6. The van der Waals surface area contributed by atoms with Gasteiger partial charge in [-0.2, -0.15) is 0 Å². The Bertz CT molecular complexity index is 325. The molecule has 6 heteroatoms. The lowest BCUT2D eigenvalue weighted by molar-refractivity contribution is -0.535. The molecule has 0 spiro atoms. The van der Waals surface area contributed by atoms with Crippen molar-refractivity contribution in [2.75, 3.05) is 13.1 Å². The zero-order valence-corrected chi connectivity index (χ0v) is 11.5. The van der Waals surface area contributed by atoms with Crippen LogP contribution in [0.5, 0.6) is 0 Å². The molecule has 1 aliphatic rings. The van der Waals surface area contributed by atoms with E-state index in [0.29, 0.717) is 13.0 Å². The Morgan fingerprint density at radius 1 is 1.50 bits per heavy atom. The van der Waals surface area contributed by atoms with E-state index in [4.69, 9.17) is 4.74 Å². The first-order chi connectivity index (χ1) is 8.24. The Morgan fingerprint density at radius 3 is 2.56 bits per heavy atom. The zero-order valence-electron chi connectivity index (χ0n) is 11.5. The molecule has 1 amide bonds. The molecule has 1 rings (SSSR count). The summed E-state index contributed by atoms with van der Waals surface area (Å²) in [5.74, 6) is 0.0543. The van der Waals surface area contributed by atoms with E-state index in [1.165, 1.54) is 4.90 Å². The average molecular weight is 258 g/mol. The predicted molar refractivity (Wildman–Crippen MR) is 67.0 cm³/mol. The van der Waals surface area contributed by atoms with Crippen LogP contribution in [0.25, 0.3) is 0 Å². The van der Waals surface area contributed by atoms with Crippen LogP contribution >= 0.6 is 0 Å². The highest BCUT2D eigenvalue weighted by Crippen LogP contribution is 2.24. The lowest BCUT2D eigenvalue weighted by Gasteiger charge is -2.34. The van der Waals surface area contributed by atoms with Gasteiger partial charge < -0.3 is 9.64 Å². The Morgan fingerprint density at radius 2 is 2.11 bits per heavy atom. The van der Waals surface area contributed by atoms with Crippen molar-refractivity contribution in [2.24, 2.45) is 5.92 Å². The molecule has 6 nitrogen and oxygen atoms in total. The van der Waals surface area contributed by atoms with Gasteiger partial charge in [-0.05, 0) is 33.6 Å². The number of ether oxygens (including phenoxy) is 1. The molecular formula is C12H22N2O4. The van der Waals surface area contributed by atoms with Crippen LogP contribution in [0.2, 0.25) is 0 Å². The van der Waals surface area contributed by atoms with E-state index in [-0.39, 0.29) is 17.4 Å². The quantitative estimate of drug-likeness (QED) is 0.562. The summed E-state index contributed by atoms with van der Waals surface area (Å²) in [5.41, 5.74) is -0.567. The Labute approximate surface area is 107 Å². The summed E-state index contributed by atoms with van der Waals surface area (Å²) in [4.78, 5) is 24.0. The van der Waals surface area contributed by atoms with E-state index in [1.54, 1.807) is 20.8 Å². The van der Waals surface area contributed by atoms with Crippen molar-refractivity contribution in [3.05, 3.63) is 10.1 Å². The molecule has 1 saturated heterocycles. The normalized spacial score (nSPS) is 24.8. The highest BCUT2D eigenvalue weighted by Gasteiger charge is 2.39. The fourth-order valence-electron chi connectivity index (χ4n) is 2.19. The molecule has 0 aromatic heterocycles. The summed E-state index contributed by atoms with van der Waals surface area (Å²) in [6.07, 6.45) is 0.985. The van der Waals surface area contributed by atoms with Crippen molar-refractivity contribution in [3.63, 3.8) is 0 Å². The predicted octanol–water partition coefficient (Wildman–Crippen LogP) is 2.30. The van der Waals surface area contributed by atoms with Gasteiger partial charge in [-0.25, -0.2) is 4.79 Å². The molecule has 0 saturated carbocycles. The Balaban J connectivity index is 2.65. The minimum Gasteiger partial charge on any atom is -0.444 e. The SMILES string of the molecule is CC[C@H]1CCN(C(=O)OC(C)(C)C)C[C@@H]1[N+](=O)[O-]. The number of carbonyl (C=O) groups excluding carboxylic acids is 1. The molecule has 0 radical (unpaired) electrons. The van der Waals surface area contributed by atoms with Crippen molar-refractivity contribution in [3.8, 4) is 0 Å². The van der Waals surface area contributed by atoms with Crippen molar-refractivity contribution in [1.82, 2.24) is 4.90 Å². The Hall–Kier alpha value is -1.33. The minimum atomic E-state index is -0.670. The van der Waals surface area contributed by atoms with E-state index >= 15 is 0 Å². The molecule has 0 N–H and O–H groups in total. The minimum absolute atomic E-state index is 0.0543. The number of carbonyl (C=O) groups is 1. The van der Waals surface area contributed by atoms with E-state index in [1.807, 2.05) is 6.92 Å². The van der Waals surface area contributed by atoms with Gasteiger partial charge in [-0.15, -0.1) is 0 Å². The third-order valence-corrected chi connectivity index (χ3v) is 3.17. The van der Waals surface area contributed by atoms with Crippen molar-refractivity contribution >= 4 is 6.09 Å². The van der Waals surface area contributed by atoms with Gasteiger partial charge in [0.1, 0.15) is 5.60 Å².